The van der Waals surface area contributed by atoms with E-state index < -0.39 is 11.6 Å². The Morgan fingerprint density at radius 2 is 1.71 bits per heavy atom. The molecule has 1 saturated carbocycles. The van der Waals surface area contributed by atoms with Crippen LogP contribution in [-0.4, -0.2) is 39.0 Å². The van der Waals surface area contributed by atoms with Gasteiger partial charge in [-0.05, 0) is 49.6 Å². The highest BCUT2D eigenvalue weighted by atomic mass is 16.6. The van der Waals surface area contributed by atoms with E-state index in [4.69, 9.17) is 4.74 Å². The van der Waals surface area contributed by atoms with Crippen molar-refractivity contribution in [1.29, 1.82) is 0 Å². The number of nitrogens with one attached hydrogen (secondary N) is 3. The van der Waals surface area contributed by atoms with Crippen molar-refractivity contribution in [2.75, 3.05) is 6.54 Å². The zero-order valence-corrected chi connectivity index (χ0v) is 21.6. The first-order valence-electron chi connectivity index (χ1n) is 13.1. The number of carbonyl (C=O) groups excluding carboxylic acids is 2. The average Bonchev–Trinajstić information content (AvgIpc) is 3.35. The number of hydrogen-bond acceptors (Lipinski definition) is 5. The lowest BCUT2D eigenvalue weighted by atomic mass is 9.71. The van der Waals surface area contributed by atoms with E-state index in [1.807, 2.05) is 54.9 Å². The summed E-state index contributed by atoms with van der Waals surface area (Å²) < 4.78 is 5.39. The molecule has 0 saturated heterocycles. The predicted octanol–water partition coefficient (Wildman–Crippen LogP) is 5.07. The maximum absolute atomic E-state index is 13.9. The van der Waals surface area contributed by atoms with Crippen molar-refractivity contribution in [1.82, 2.24) is 25.6 Å². The summed E-state index contributed by atoms with van der Waals surface area (Å²) in [5, 5.41) is 7.03. The van der Waals surface area contributed by atoms with Crippen LogP contribution in [0.2, 0.25) is 0 Å². The molecule has 5 rings (SSSR count). The molecule has 3 N–H and O–H groups in total. The lowest BCUT2D eigenvalue weighted by Crippen LogP contribution is -2.60. The van der Waals surface area contributed by atoms with Crippen LogP contribution in [0.15, 0.2) is 79.3 Å². The van der Waals surface area contributed by atoms with Gasteiger partial charge in [-0.1, -0.05) is 49.6 Å². The van der Waals surface area contributed by atoms with Crippen molar-refractivity contribution in [2.24, 2.45) is 0 Å². The van der Waals surface area contributed by atoms with Crippen molar-refractivity contribution in [3.8, 4) is 5.88 Å². The van der Waals surface area contributed by atoms with Gasteiger partial charge in [0.25, 0.3) is 0 Å². The number of aromatic nitrogens is 3. The van der Waals surface area contributed by atoms with E-state index >= 15 is 0 Å². The molecule has 3 aromatic heterocycles. The highest BCUT2D eigenvalue weighted by molar-refractivity contribution is 5.92. The van der Waals surface area contributed by atoms with Gasteiger partial charge in [0.15, 0.2) is 0 Å². The van der Waals surface area contributed by atoms with Crippen LogP contribution in [-0.2, 0) is 16.6 Å². The number of H-pyrrole nitrogens is 1. The number of aromatic amines is 1. The van der Waals surface area contributed by atoms with E-state index in [1.54, 1.807) is 31.3 Å². The normalized spacial score (nSPS) is 16.3. The fourth-order valence-corrected chi connectivity index (χ4v) is 5.47. The topological polar surface area (TPSA) is 109 Å². The van der Waals surface area contributed by atoms with Crippen molar-refractivity contribution >= 4 is 22.9 Å². The molecule has 0 radical (unpaired) electrons. The minimum Gasteiger partial charge on any atom is -0.391 e. The fourth-order valence-electron chi connectivity index (χ4n) is 5.47. The molecule has 3 heterocycles. The second-order valence-corrected chi connectivity index (χ2v) is 10.3. The first kappa shape index (κ1) is 25.4. The number of fused-ring (bicyclic) bond motifs is 1. The zero-order chi connectivity index (χ0) is 26.4. The van der Waals surface area contributed by atoms with Gasteiger partial charge in [0, 0.05) is 59.6 Å². The summed E-state index contributed by atoms with van der Waals surface area (Å²) in [6.07, 6.45) is 10.1. The van der Waals surface area contributed by atoms with Gasteiger partial charge in [-0.15, -0.1) is 0 Å². The number of nitrogens with zero attached hydrogens (tertiary/aromatic N) is 2. The summed E-state index contributed by atoms with van der Waals surface area (Å²) in [6, 6.07) is 18.9. The van der Waals surface area contributed by atoms with E-state index in [0.29, 0.717) is 6.54 Å². The summed E-state index contributed by atoms with van der Waals surface area (Å²) in [4.78, 5) is 38.8. The van der Waals surface area contributed by atoms with Gasteiger partial charge in [-0.3, -0.25) is 9.78 Å². The van der Waals surface area contributed by atoms with Gasteiger partial charge in [-0.25, -0.2) is 9.78 Å². The molecule has 196 valence electrons. The number of pyridine rings is 2. The third-order valence-corrected chi connectivity index (χ3v) is 7.54. The molecule has 8 nitrogen and oxygen atoms in total. The number of benzene rings is 1. The SMILES string of the molecule is C[C@@](Cc1c[nH]c2ccccc12)(NC(=O)Oc1ccccn1)C(=O)NCC1(c2ccccn2)CCCCC1. The average molecular weight is 512 g/mol. The van der Waals surface area contributed by atoms with Gasteiger partial charge in [0.05, 0.1) is 0 Å². The first-order valence-corrected chi connectivity index (χ1v) is 13.1. The summed E-state index contributed by atoms with van der Waals surface area (Å²) in [5.74, 6) is -0.113. The number of hydrogen-bond donors (Lipinski definition) is 3. The molecular formula is C30H33N5O3. The highest BCUT2D eigenvalue weighted by Gasteiger charge is 2.40. The number of carbonyl (C=O) groups is 2. The number of ether oxygens (including phenoxy) is 1. The predicted molar refractivity (Wildman–Crippen MR) is 146 cm³/mol. The van der Waals surface area contributed by atoms with Gasteiger partial charge in [0.1, 0.15) is 5.54 Å². The van der Waals surface area contributed by atoms with Gasteiger partial charge < -0.3 is 20.4 Å². The lowest BCUT2D eigenvalue weighted by molar-refractivity contribution is -0.127. The standard InChI is InChI=1S/C30H33N5O3/c1-29(35-28(37)38-26-14-6-10-18-32-26,19-22-20-33-24-12-4-3-11-23(22)24)27(36)34-21-30(15-7-2-8-16-30)25-13-5-9-17-31-25/h3-6,9-14,17-18,20,33H,2,7-8,15-16,19,21H2,1H3,(H,34,36)(H,35,37)/t29-/m0/s1. The van der Waals surface area contributed by atoms with Crippen LogP contribution in [0.3, 0.4) is 0 Å². The molecular weight excluding hydrogens is 478 g/mol. The second-order valence-electron chi connectivity index (χ2n) is 10.3. The van der Waals surface area contributed by atoms with Gasteiger partial charge in [-0.2, -0.15) is 0 Å². The summed E-state index contributed by atoms with van der Waals surface area (Å²) >= 11 is 0. The zero-order valence-electron chi connectivity index (χ0n) is 21.6. The van der Waals surface area contributed by atoms with Crippen molar-refractivity contribution in [3.63, 3.8) is 0 Å². The molecule has 38 heavy (non-hydrogen) atoms. The summed E-state index contributed by atoms with van der Waals surface area (Å²) in [7, 11) is 0. The number of rotatable bonds is 8. The molecule has 1 aromatic carbocycles. The number of amides is 2. The Hall–Kier alpha value is -4.20. The molecule has 1 fully saturated rings. The van der Waals surface area contributed by atoms with Gasteiger partial charge in [0.2, 0.25) is 11.8 Å². The monoisotopic (exact) mass is 511 g/mol. The Morgan fingerprint density at radius 3 is 2.45 bits per heavy atom. The largest absolute Gasteiger partial charge is 0.414 e. The third kappa shape index (κ3) is 5.54. The summed E-state index contributed by atoms with van der Waals surface area (Å²) in [5.41, 5.74) is 1.38. The van der Waals surface area contributed by atoms with Crippen molar-refractivity contribution in [3.05, 3.63) is 90.5 Å². The molecule has 4 aromatic rings. The Morgan fingerprint density at radius 1 is 0.974 bits per heavy atom. The molecule has 0 aliphatic heterocycles. The molecule has 1 atom stereocenters. The molecule has 1 aliphatic rings. The molecule has 2 amide bonds. The van der Waals surface area contributed by atoms with Crippen LogP contribution in [0.5, 0.6) is 5.88 Å². The molecule has 0 unspecified atom stereocenters. The first-order chi connectivity index (χ1) is 18.5. The van der Waals surface area contributed by atoms with E-state index in [0.717, 1.165) is 47.8 Å². The fraction of sp³-hybridized carbons (Fsp3) is 0.333. The Balaban J connectivity index is 1.39. The highest BCUT2D eigenvalue weighted by Crippen LogP contribution is 2.38. The Labute approximate surface area is 222 Å². The molecule has 0 bridgehead atoms. The van der Waals surface area contributed by atoms with Crippen molar-refractivity contribution < 1.29 is 14.3 Å². The third-order valence-electron chi connectivity index (χ3n) is 7.54. The molecule has 8 heteroatoms. The van der Waals surface area contributed by atoms with Gasteiger partial charge >= 0.3 is 6.09 Å². The molecule has 0 spiro atoms. The smallest absolute Gasteiger partial charge is 0.391 e. The van der Waals surface area contributed by atoms with Crippen LogP contribution >= 0.6 is 0 Å². The quantitative estimate of drug-likeness (QED) is 0.306. The van der Waals surface area contributed by atoms with Crippen LogP contribution in [0.4, 0.5) is 4.79 Å². The van der Waals surface area contributed by atoms with Crippen molar-refractivity contribution in [2.45, 2.75) is 56.4 Å². The van der Waals surface area contributed by atoms with E-state index in [1.165, 1.54) is 6.42 Å². The summed E-state index contributed by atoms with van der Waals surface area (Å²) in [6.45, 7) is 2.18. The van der Waals surface area contributed by atoms with Crippen LogP contribution in [0.1, 0.15) is 50.3 Å². The minimum absolute atomic E-state index is 0.163. The van der Waals surface area contributed by atoms with E-state index in [2.05, 4.69) is 25.6 Å². The maximum atomic E-state index is 13.9. The van der Waals surface area contributed by atoms with E-state index in [-0.39, 0.29) is 23.6 Å². The Kier molecular flexibility index (Phi) is 7.40. The lowest BCUT2D eigenvalue weighted by Gasteiger charge is -2.38. The van der Waals surface area contributed by atoms with E-state index in [9.17, 15) is 9.59 Å². The maximum Gasteiger partial charge on any atom is 0.414 e. The number of para-hydroxylation sites is 1. The Bertz CT molecular complexity index is 1380. The van der Waals surface area contributed by atoms with Crippen LogP contribution in [0.25, 0.3) is 10.9 Å². The second kappa shape index (κ2) is 11.0. The minimum atomic E-state index is -1.28. The van der Waals surface area contributed by atoms with Crippen LogP contribution < -0.4 is 15.4 Å². The van der Waals surface area contributed by atoms with Crippen LogP contribution in [0, 0.1) is 0 Å². The molecule has 1 aliphatic carbocycles.